The second-order valence-electron chi connectivity index (χ2n) is 6.06. The van der Waals surface area contributed by atoms with Crippen LogP contribution in [0.5, 0.6) is 0 Å². The monoisotopic (exact) mass is 449 g/mol. The van der Waals surface area contributed by atoms with E-state index in [1.54, 1.807) is 0 Å². The molecule has 2 N–H and O–H groups in total. The van der Waals surface area contributed by atoms with Crippen LogP contribution in [-0.2, 0) is 43.0 Å². The maximum absolute atomic E-state index is 11.8. The Morgan fingerprint density at radius 1 is 1.00 bits per heavy atom. The van der Waals surface area contributed by atoms with Gasteiger partial charge in [-0.2, -0.15) is 5.48 Å². The van der Waals surface area contributed by atoms with Crippen molar-refractivity contribution in [1.82, 2.24) is 15.9 Å². The molecule has 1 saturated heterocycles. The van der Waals surface area contributed by atoms with Gasteiger partial charge in [0, 0.05) is 33.1 Å². The van der Waals surface area contributed by atoms with Crippen LogP contribution in [-0.4, -0.2) is 88.3 Å². The number of hydrogen-bond acceptors (Lipinski definition) is 11. The number of imide groups is 1. The normalized spacial score (nSPS) is 14.2. The molecule has 0 bridgehead atoms. The zero-order chi connectivity index (χ0) is 23.1. The van der Waals surface area contributed by atoms with Crippen LogP contribution in [0.2, 0.25) is 0 Å². The van der Waals surface area contributed by atoms with Gasteiger partial charge >= 0.3 is 18.2 Å². The number of nitrogens with one attached hydrogen (secondary N) is 2. The van der Waals surface area contributed by atoms with Gasteiger partial charge in [0.1, 0.15) is 19.3 Å². The first-order valence-electron chi connectivity index (χ1n) is 9.40. The molecule has 0 aromatic rings. The Morgan fingerprint density at radius 2 is 1.65 bits per heavy atom. The molecule has 1 atom stereocenters. The highest BCUT2D eigenvalue weighted by atomic mass is 16.7. The molecule has 0 aromatic heterocycles. The number of carbonyl (C=O) groups excluding carboxylic acids is 5. The van der Waals surface area contributed by atoms with Crippen molar-refractivity contribution < 1.29 is 52.6 Å². The number of carbonyl (C=O) groups is 5. The van der Waals surface area contributed by atoms with E-state index in [2.05, 4.69) is 10.2 Å². The van der Waals surface area contributed by atoms with Crippen molar-refractivity contribution in [2.24, 2.45) is 0 Å². The molecule has 31 heavy (non-hydrogen) atoms. The molecule has 1 rings (SSSR count). The third-order valence-electron chi connectivity index (χ3n) is 3.64. The number of hydrogen-bond donors (Lipinski definition) is 2. The minimum atomic E-state index is -0.871. The fourth-order valence-electron chi connectivity index (χ4n) is 2.17. The van der Waals surface area contributed by atoms with E-state index in [0.717, 1.165) is 0 Å². The summed E-state index contributed by atoms with van der Waals surface area (Å²) < 4.78 is 20.1. The summed E-state index contributed by atoms with van der Waals surface area (Å²) in [6.07, 6.45) is -2.35. The van der Waals surface area contributed by atoms with Gasteiger partial charge in [0.2, 0.25) is 0 Å². The third-order valence-corrected chi connectivity index (χ3v) is 3.64. The molecule has 4 amide bonds. The van der Waals surface area contributed by atoms with Crippen LogP contribution < -0.4 is 10.8 Å². The molecule has 14 nitrogen and oxygen atoms in total. The quantitative estimate of drug-likeness (QED) is 0.198. The Labute approximate surface area is 178 Å². The Morgan fingerprint density at radius 3 is 2.26 bits per heavy atom. The Kier molecular flexibility index (Phi) is 12.5. The molecule has 0 spiro atoms. The van der Waals surface area contributed by atoms with Crippen molar-refractivity contribution in [1.29, 1.82) is 0 Å². The lowest BCUT2D eigenvalue weighted by molar-refractivity contribution is -0.197. The zero-order valence-electron chi connectivity index (χ0n) is 17.4. The fourth-order valence-corrected chi connectivity index (χ4v) is 2.17. The van der Waals surface area contributed by atoms with Gasteiger partial charge in [-0.3, -0.25) is 14.4 Å². The van der Waals surface area contributed by atoms with Crippen molar-refractivity contribution in [2.45, 2.75) is 31.8 Å². The van der Waals surface area contributed by atoms with Crippen molar-refractivity contribution in [3.05, 3.63) is 0 Å². The molecule has 1 aliphatic heterocycles. The lowest BCUT2D eigenvalue weighted by Gasteiger charge is -2.18. The van der Waals surface area contributed by atoms with Gasteiger partial charge in [0.25, 0.3) is 11.8 Å². The molecule has 0 aromatic carbocycles. The Bertz CT molecular complexity index is 612. The second-order valence-corrected chi connectivity index (χ2v) is 6.06. The summed E-state index contributed by atoms with van der Waals surface area (Å²) >= 11 is 0. The van der Waals surface area contributed by atoms with E-state index in [-0.39, 0.29) is 52.0 Å². The van der Waals surface area contributed by atoms with Gasteiger partial charge in [-0.1, -0.05) is 0 Å². The van der Waals surface area contributed by atoms with E-state index < -0.39 is 36.1 Å². The lowest BCUT2D eigenvalue weighted by Crippen LogP contribution is -2.35. The summed E-state index contributed by atoms with van der Waals surface area (Å²) in [4.78, 5) is 66.7. The van der Waals surface area contributed by atoms with Crippen LogP contribution in [0.15, 0.2) is 0 Å². The van der Waals surface area contributed by atoms with Crippen molar-refractivity contribution in [3.63, 3.8) is 0 Å². The van der Waals surface area contributed by atoms with Gasteiger partial charge < -0.3 is 29.1 Å². The number of hydroxylamine groups is 3. The maximum atomic E-state index is 11.8. The van der Waals surface area contributed by atoms with Crippen LogP contribution >= 0.6 is 0 Å². The predicted octanol–water partition coefficient (Wildman–Crippen LogP) is -0.581. The standard InChI is InChI=1S/C17H27N3O11/c1-26-9-7-18-16(24)29-10-12(11-30-17(25)19-27-2)28-8-3-4-15(23)31-20-13(21)5-6-14(20)22/h12H,3-11H2,1-2H3,(H,18,24)(H,19,25). The summed E-state index contributed by atoms with van der Waals surface area (Å²) in [5.41, 5.74) is 1.95. The second kappa shape index (κ2) is 14.9. The number of rotatable bonds is 14. The van der Waals surface area contributed by atoms with Crippen LogP contribution in [0.1, 0.15) is 25.7 Å². The van der Waals surface area contributed by atoms with Gasteiger partial charge in [-0.25, -0.2) is 14.4 Å². The minimum absolute atomic E-state index is 0.00655. The van der Waals surface area contributed by atoms with E-state index in [1.165, 1.54) is 14.2 Å². The van der Waals surface area contributed by atoms with Crippen molar-refractivity contribution in [2.75, 3.05) is 47.2 Å². The van der Waals surface area contributed by atoms with Crippen LogP contribution in [0.25, 0.3) is 0 Å². The summed E-state index contributed by atoms with van der Waals surface area (Å²) in [6, 6.07) is 0. The number of methoxy groups -OCH3 is 1. The van der Waals surface area contributed by atoms with Crippen LogP contribution in [0.3, 0.4) is 0 Å². The molecule has 14 heteroatoms. The molecule has 0 radical (unpaired) electrons. The van der Waals surface area contributed by atoms with Gasteiger partial charge in [-0.15, -0.1) is 5.06 Å². The van der Waals surface area contributed by atoms with Crippen molar-refractivity contribution >= 4 is 30.0 Å². The Hall–Kier alpha value is -2.97. The van der Waals surface area contributed by atoms with Gasteiger partial charge in [0.15, 0.2) is 0 Å². The highest BCUT2D eigenvalue weighted by Gasteiger charge is 2.32. The fraction of sp³-hybridized carbons (Fsp3) is 0.706. The average molecular weight is 449 g/mol. The Balaban J connectivity index is 2.36. The minimum Gasteiger partial charge on any atom is -0.447 e. The van der Waals surface area contributed by atoms with E-state index in [0.29, 0.717) is 11.7 Å². The first kappa shape index (κ1) is 26.1. The molecule has 1 heterocycles. The maximum Gasteiger partial charge on any atom is 0.431 e. The third kappa shape index (κ3) is 11.1. The highest BCUT2D eigenvalue weighted by molar-refractivity contribution is 6.01. The number of nitrogens with zero attached hydrogens (tertiary/aromatic N) is 1. The smallest absolute Gasteiger partial charge is 0.431 e. The number of amides is 4. The van der Waals surface area contributed by atoms with Crippen molar-refractivity contribution in [3.8, 4) is 0 Å². The summed E-state index contributed by atoms with van der Waals surface area (Å²) in [7, 11) is 2.71. The van der Waals surface area contributed by atoms with E-state index in [4.69, 9.17) is 23.8 Å². The first-order chi connectivity index (χ1) is 14.9. The highest BCUT2D eigenvalue weighted by Crippen LogP contribution is 2.13. The van der Waals surface area contributed by atoms with Crippen LogP contribution in [0, 0.1) is 0 Å². The topological polar surface area (TPSA) is 168 Å². The van der Waals surface area contributed by atoms with Gasteiger partial charge in [-0.05, 0) is 6.42 Å². The summed E-state index contributed by atoms with van der Waals surface area (Å²) in [6.45, 7) is 0.0748. The molecule has 1 aliphatic rings. The molecule has 1 unspecified atom stereocenters. The van der Waals surface area contributed by atoms with E-state index >= 15 is 0 Å². The molecule has 0 aliphatic carbocycles. The van der Waals surface area contributed by atoms with E-state index in [1.807, 2.05) is 5.48 Å². The average Bonchev–Trinajstić information content (AvgIpc) is 3.04. The van der Waals surface area contributed by atoms with E-state index in [9.17, 15) is 24.0 Å². The first-order valence-corrected chi connectivity index (χ1v) is 9.40. The molecular formula is C17H27N3O11. The number of alkyl carbamates (subject to hydrolysis) is 1. The summed E-state index contributed by atoms with van der Waals surface area (Å²) in [5.74, 6) is -1.91. The number of ether oxygens (including phenoxy) is 4. The molecule has 176 valence electrons. The summed E-state index contributed by atoms with van der Waals surface area (Å²) in [5, 5.41) is 2.91. The molecule has 0 saturated carbocycles. The van der Waals surface area contributed by atoms with Gasteiger partial charge in [0.05, 0.1) is 20.1 Å². The zero-order valence-corrected chi connectivity index (χ0v) is 17.4. The largest absolute Gasteiger partial charge is 0.447 e. The SMILES string of the molecule is COCCNC(=O)OCC(COC(=O)NOC)OCCCC(=O)ON1C(=O)CCC1=O. The lowest BCUT2D eigenvalue weighted by atomic mass is 10.3. The molecule has 1 fully saturated rings. The van der Waals surface area contributed by atoms with Crippen LogP contribution in [0.4, 0.5) is 9.59 Å². The molecular weight excluding hydrogens is 422 g/mol. The predicted molar refractivity (Wildman–Crippen MR) is 98.9 cm³/mol.